The molecule has 0 heterocycles. The molecular weight excluding hydrogens is 446 g/mol. The first kappa shape index (κ1) is 28.2. The quantitative estimate of drug-likeness (QED) is 0.202. The van der Waals surface area contributed by atoms with Crippen molar-refractivity contribution in [3.05, 3.63) is 0 Å². The van der Waals surface area contributed by atoms with E-state index in [-0.39, 0.29) is 25.7 Å². The van der Waals surface area contributed by atoms with Crippen LogP contribution in [0.2, 0.25) is 0 Å². The van der Waals surface area contributed by atoms with Gasteiger partial charge in [0.2, 0.25) is 0 Å². The van der Waals surface area contributed by atoms with E-state index >= 15 is 0 Å². The summed E-state index contributed by atoms with van der Waals surface area (Å²) in [6.07, 6.45) is -10.3. The molecule has 4 nitrogen and oxygen atoms in total. The zero-order valence-electron chi connectivity index (χ0n) is 15.5. The van der Waals surface area contributed by atoms with Crippen LogP contribution < -0.4 is 0 Å². The van der Waals surface area contributed by atoms with Crippen molar-refractivity contribution in [1.29, 1.82) is 0 Å². The van der Waals surface area contributed by atoms with E-state index in [9.17, 15) is 53.5 Å². The van der Waals surface area contributed by atoms with E-state index in [4.69, 9.17) is 0 Å². The Hall–Kier alpha value is -1.76. The van der Waals surface area contributed by atoms with Gasteiger partial charge in [0.05, 0.1) is 0 Å². The van der Waals surface area contributed by atoms with Gasteiger partial charge in [0, 0.05) is 12.8 Å². The van der Waals surface area contributed by atoms with E-state index in [1.165, 1.54) is 0 Å². The fourth-order valence-corrected chi connectivity index (χ4v) is 1.90. The number of carbonyl (C=O) groups excluding carboxylic acids is 2. The Kier molecular flexibility index (Phi) is 10.9. The van der Waals surface area contributed by atoms with Crippen molar-refractivity contribution in [2.75, 3.05) is 13.2 Å². The lowest BCUT2D eigenvalue weighted by molar-refractivity contribution is -0.294. The predicted molar refractivity (Wildman–Crippen MR) is 80.9 cm³/mol. The van der Waals surface area contributed by atoms with Crippen molar-refractivity contribution in [2.24, 2.45) is 0 Å². The van der Waals surface area contributed by atoms with E-state index in [0.29, 0.717) is 25.7 Å². The molecule has 30 heavy (non-hydrogen) atoms. The summed E-state index contributed by atoms with van der Waals surface area (Å²) in [6.45, 7) is -4.19. The molecule has 0 aromatic heterocycles. The monoisotopic (exact) mass is 466 g/mol. The van der Waals surface area contributed by atoms with Crippen LogP contribution in [0.5, 0.6) is 0 Å². The van der Waals surface area contributed by atoms with Crippen LogP contribution in [-0.4, -0.2) is 49.4 Å². The van der Waals surface area contributed by atoms with Crippen molar-refractivity contribution in [3.8, 4) is 0 Å². The topological polar surface area (TPSA) is 52.6 Å². The zero-order chi connectivity index (χ0) is 23.6. The number of hydrogen-bond donors (Lipinski definition) is 0. The van der Waals surface area contributed by atoms with Gasteiger partial charge in [0.1, 0.15) is 0 Å². The predicted octanol–water partition coefficient (Wildman–Crippen LogP) is 5.59. The summed E-state index contributed by atoms with van der Waals surface area (Å²) in [5.41, 5.74) is 0. The summed E-state index contributed by atoms with van der Waals surface area (Å²) in [7, 11) is 0. The largest absolute Gasteiger partial charge is 0.459 e. The molecule has 0 unspecified atom stereocenters. The highest BCUT2D eigenvalue weighted by Gasteiger charge is 2.59. The Morgan fingerprint density at radius 2 is 0.767 bits per heavy atom. The molecule has 0 aliphatic carbocycles. The van der Waals surface area contributed by atoms with Crippen LogP contribution in [0.4, 0.5) is 43.9 Å². The highest BCUT2D eigenvalue weighted by Crippen LogP contribution is 2.36. The number of unbranched alkanes of at least 4 members (excludes halogenated alkanes) is 5. The maximum Gasteiger partial charge on any atom is 0.456 e. The van der Waals surface area contributed by atoms with Crippen molar-refractivity contribution in [2.45, 2.75) is 75.6 Å². The van der Waals surface area contributed by atoms with Crippen molar-refractivity contribution < 1.29 is 63.0 Å². The summed E-state index contributed by atoms with van der Waals surface area (Å²) in [6, 6.07) is 0. The summed E-state index contributed by atoms with van der Waals surface area (Å²) >= 11 is 0. The van der Waals surface area contributed by atoms with Crippen LogP contribution in [0.25, 0.3) is 0 Å². The highest BCUT2D eigenvalue weighted by atomic mass is 19.4. The van der Waals surface area contributed by atoms with E-state index in [1.807, 2.05) is 0 Å². The van der Waals surface area contributed by atoms with Gasteiger partial charge in [-0.15, -0.1) is 0 Å². The molecule has 0 spiro atoms. The first-order valence-corrected chi connectivity index (χ1v) is 8.70. The van der Waals surface area contributed by atoms with Crippen LogP contribution >= 0.6 is 0 Å². The maximum atomic E-state index is 12.5. The fourth-order valence-electron chi connectivity index (χ4n) is 1.90. The lowest BCUT2D eigenvalue weighted by Gasteiger charge is -2.19. The second kappa shape index (κ2) is 11.6. The molecule has 178 valence electrons. The molecule has 0 aromatic rings. The average molecular weight is 466 g/mol. The average Bonchev–Trinajstić information content (AvgIpc) is 2.58. The minimum absolute atomic E-state index is 0.158. The Balaban J connectivity index is 3.75. The number of carbonyl (C=O) groups is 2. The zero-order valence-corrected chi connectivity index (χ0v) is 15.5. The Labute approximate surface area is 164 Å². The van der Waals surface area contributed by atoms with Crippen molar-refractivity contribution in [1.82, 2.24) is 0 Å². The van der Waals surface area contributed by atoms with Gasteiger partial charge in [0.15, 0.2) is 13.2 Å². The van der Waals surface area contributed by atoms with Gasteiger partial charge in [-0.1, -0.05) is 25.7 Å². The molecule has 14 heteroatoms. The number of esters is 2. The van der Waals surface area contributed by atoms with Crippen LogP contribution in [0, 0.1) is 0 Å². The molecule has 0 atom stereocenters. The minimum atomic E-state index is -5.82. The maximum absolute atomic E-state index is 12.5. The second-order valence-electron chi connectivity index (χ2n) is 6.35. The Morgan fingerprint density at radius 3 is 1.03 bits per heavy atom. The molecule has 0 radical (unpaired) electrons. The molecule has 0 rings (SSSR count). The third-order valence-corrected chi connectivity index (χ3v) is 3.67. The van der Waals surface area contributed by atoms with E-state index < -0.39 is 49.4 Å². The Morgan fingerprint density at radius 1 is 0.500 bits per heavy atom. The van der Waals surface area contributed by atoms with E-state index in [0.717, 1.165) is 0 Å². The number of alkyl halides is 10. The first-order chi connectivity index (χ1) is 13.5. The summed E-state index contributed by atoms with van der Waals surface area (Å²) in [5, 5.41) is 0. The smallest absolute Gasteiger partial charge is 0.456 e. The molecule has 0 saturated carbocycles. The third-order valence-electron chi connectivity index (χ3n) is 3.67. The molecule has 0 N–H and O–H groups in total. The van der Waals surface area contributed by atoms with E-state index in [1.54, 1.807) is 0 Å². The van der Waals surface area contributed by atoms with E-state index in [2.05, 4.69) is 9.47 Å². The molecule has 0 aromatic carbocycles. The molecule has 0 saturated heterocycles. The molecule has 0 aliphatic heterocycles. The molecule has 0 aliphatic rings. The van der Waals surface area contributed by atoms with Crippen LogP contribution in [0.3, 0.4) is 0 Å². The second-order valence-corrected chi connectivity index (χ2v) is 6.35. The summed E-state index contributed by atoms with van der Waals surface area (Å²) in [4.78, 5) is 22.2. The van der Waals surface area contributed by atoms with Gasteiger partial charge in [-0.25, -0.2) is 0 Å². The van der Waals surface area contributed by atoms with Crippen LogP contribution in [-0.2, 0) is 19.1 Å². The van der Waals surface area contributed by atoms with Gasteiger partial charge in [-0.2, -0.15) is 43.9 Å². The van der Waals surface area contributed by atoms with Crippen molar-refractivity contribution in [3.63, 3.8) is 0 Å². The van der Waals surface area contributed by atoms with Crippen LogP contribution in [0.15, 0.2) is 0 Å². The molecule has 0 fully saturated rings. The molecule has 0 amide bonds. The van der Waals surface area contributed by atoms with Crippen LogP contribution in [0.1, 0.15) is 51.4 Å². The van der Waals surface area contributed by atoms with Gasteiger partial charge < -0.3 is 9.47 Å². The minimum Gasteiger partial charge on any atom is -0.459 e. The third kappa shape index (κ3) is 10.9. The van der Waals surface area contributed by atoms with Gasteiger partial charge in [-0.05, 0) is 12.8 Å². The lowest BCUT2D eigenvalue weighted by Crippen LogP contribution is -2.41. The van der Waals surface area contributed by atoms with Gasteiger partial charge in [0.25, 0.3) is 0 Å². The number of halogens is 10. The normalized spacial score (nSPS) is 13.3. The van der Waals surface area contributed by atoms with Gasteiger partial charge >= 0.3 is 36.1 Å². The highest BCUT2D eigenvalue weighted by molar-refractivity contribution is 5.69. The number of ether oxygens (including phenoxy) is 2. The number of rotatable bonds is 13. The molecule has 0 bridgehead atoms. The Bertz CT molecular complexity index is 495. The SMILES string of the molecule is O=C(CCCCCCCCC(=O)OCC(F)(F)C(F)(F)F)OCC(F)(F)C(F)(F)F. The van der Waals surface area contributed by atoms with Crippen molar-refractivity contribution >= 4 is 11.9 Å². The first-order valence-electron chi connectivity index (χ1n) is 8.70. The lowest BCUT2D eigenvalue weighted by atomic mass is 10.1. The standard InChI is InChI=1S/C16H20F10O4/c17-13(18,15(21,22)23)9-29-11(27)7-5-3-1-2-4-6-8-12(28)30-10-14(19,20)16(24,25)26/h1-10H2. The van der Waals surface area contributed by atoms with Gasteiger partial charge in [-0.3, -0.25) is 9.59 Å². The number of hydrogen-bond acceptors (Lipinski definition) is 4. The summed E-state index contributed by atoms with van der Waals surface area (Å²) < 4.78 is 129. The fraction of sp³-hybridized carbons (Fsp3) is 0.875. The summed E-state index contributed by atoms with van der Waals surface area (Å²) in [5.74, 6) is -12.7. The molecular formula is C16H20F10O4.